The van der Waals surface area contributed by atoms with Crippen LogP contribution >= 0.6 is 7.82 Å². The Morgan fingerprint density at radius 1 is 1.14 bits per heavy atom. The van der Waals surface area contributed by atoms with Crippen LogP contribution in [0.1, 0.15) is 0 Å². The first-order valence-electron chi connectivity index (χ1n) is 0.730. The normalized spacial score (nSPS) is 8.43. The SMILES string of the molecule is O=P([O-])([O-])[O-].[Ba+2].[Mg+2]. The second-order valence-electron chi connectivity index (χ2n) is 0.447. The van der Waals surface area contributed by atoms with Crippen LogP contribution in [0, 0.1) is 0 Å². The third-order valence-electron chi connectivity index (χ3n) is 0. The molecule has 0 fully saturated rings. The van der Waals surface area contributed by atoms with Gasteiger partial charge in [0.25, 0.3) is 0 Å². The van der Waals surface area contributed by atoms with Crippen LogP contribution in [-0.2, 0) is 4.57 Å². The van der Waals surface area contributed by atoms with E-state index in [-0.39, 0.29) is 71.9 Å². The zero-order valence-corrected chi connectivity index (χ0v) is 10.2. The summed E-state index contributed by atoms with van der Waals surface area (Å²) in [5.41, 5.74) is 0. The fourth-order valence-electron chi connectivity index (χ4n) is 0. The number of hydrogen-bond donors (Lipinski definition) is 0. The third-order valence-corrected chi connectivity index (χ3v) is 0. The molecule has 0 radical (unpaired) electrons. The zero-order valence-electron chi connectivity index (χ0n) is 3.49. The fourth-order valence-corrected chi connectivity index (χ4v) is 0. The summed E-state index contributed by atoms with van der Waals surface area (Å²) in [6.45, 7) is 0. The van der Waals surface area contributed by atoms with E-state index >= 15 is 0 Å². The first-order valence-corrected chi connectivity index (χ1v) is 2.19. The minimum atomic E-state index is -5.39. The van der Waals surface area contributed by atoms with E-state index in [1.807, 2.05) is 0 Å². The Bertz CT molecular complexity index is 57.8. The number of hydrogen-bond acceptors (Lipinski definition) is 4. The van der Waals surface area contributed by atoms with Gasteiger partial charge in [-0.25, -0.2) is 0 Å². The maximum atomic E-state index is 8.55. The molecular formula is BaMgO4P+. The molecule has 0 aliphatic carbocycles. The van der Waals surface area contributed by atoms with Crippen LogP contribution in [0.3, 0.4) is 0 Å². The fraction of sp³-hybridized carbons (Fsp3) is 0. The summed E-state index contributed by atoms with van der Waals surface area (Å²) in [6.07, 6.45) is 0. The van der Waals surface area contributed by atoms with Crippen molar-refractivity contribution in [3.8, 4) is 0 Å². The van der Waals surface area contributed by atoms with Gasteiger partial charge in [0, 0.05) is 0 Å². The minimum Gasteiger partial charge on any atom is -0.822 e. The van der Waals surface area contributed by atoms with Crippen molar-refractivity contribution < 1.29 is 19.2 Å². The van der Waals surface area contributed by atoms with E-state index in [1.165, 1.54) is 0 Å². The molecule has 32 valence electrons. The van der Waals surface area contributed by atoms with E-state index in [0.717, 1.165) is 0 Å². The molecule has 0 rings (SSSR count). The van der Waals surface area contributed by atoms with E-state index < -0.39 is 7.82 Å². The van der Waals surface area contributed by atoms with Gasteiger partial charge in [-0.15, -0.1) is 0 Å². The molecule has 0 bridgehead atoms. The van der Waals surface area contributed by atoms with E-state index in [1.54, 1.807) is 0 Å². The van der Waals surface area contributed by atoms with Crippen molar-refractivity contribution in [2.24, 2.45) is 0 Å². The Morgan fingerprint density at radius 3 is 1.14 bits per heavy atom. The summed E-state index contributed by atoms with van der Waals surface area (Å²) in [5.74, 6) is 0. The molecule has 0 heterocycles. The van der Waals surface area contributed by atoms with Crippen molar-refractivity contribution in [2.75, 3.05) is 0 Å². The summed E-state index contributed by atoms with van der Waals surface area (Å²) in [5, 5.41) is 0. The van der Waals surface area contributed by atoms with Crippen molar-refractivity contribution in [3.05, 3.63) is 0 Å². The molecule has 0 amide bonds. The average molecular weight is 257 g/mol. The predicted molar refractivity (Wildman–Crippen MR) is 19.1 cm³/mol. The summed E-state index contributed by atoms with van der Waals surface area (Å²) in [7, 11) is -5.39. The number of rotatable bonds is 0. The monoisotopic (exact) mass is 257 g/mol. The summed E-state index contributed by atoms with van der Waals surface area (Å²) in [4.78, 5) is 25.6. The molecule has 0 aromatic heterocycles. The molecule has 0 aliphatic heterocycles. The minimum absolute atomic E-state index is 0. The Hall–Kier alpha value is 2.45. The van der Waals surface area contributed by atoms with Crippen LogP contribution in [-0.4, -0.2) is 71.9 Å². The Kier molecular flexibility index (Phi) is 15.2. The first-order chi connectivity index (χ1) is 2.00. The van der Waals surface area contributed by atoms with E-state index in [9.17, 15) is 0 Å². The molecule has 4 nitrogen and oxygen atoms in total. The van der Waals surface area contributed by atoms with Gasteiger partial charge >= 0.3 is 71.9 Å². The second kappa shape index (κ2) is 6.57. The Labute approximate surface area is 97.2 Å². The second-order valence-corrected chi connectivity index (χ2v) is 1.34. The van der Waals surface area contributed by atoms with E-state index in [4.69, 9.17) is 19.2 Å². The van der Waals surface area contributed by atoms with Gasteiger partial charge in [0.05, 0.1) is 0 Å². The van der Waals surface area contributed by atoms with Crippen LogP contribution in [0.4, 0.5) is 0 Å². The predicted octanol–water partition coefficient (Wildman–Crippen LogP) is -3.59. The van der Waals surface area contributed by atoms with Gasteiger partial charge in [-0.2, -0.15) is 7.82 Å². The molecule has 0 unspecified atom stereocenters. The smallest absolute Gasteiger partial charge is 0.822 e. The van der Waals surface area contributed by atoms with Gasteiger partial charge in [0.15, 0.2) is 0 Å². The van der Waals surface area contributed by atoms with E-state index in [2.05, 4.69) is 0 Å². The Morgan fingerprint density at radius 2 is 1.14 bits per heavy atom. The summed E-state index contributed by atoms with van der Waals surface area (Å²) in [6, 6.07) is 0. The van der Waals surface area contributed by atoms with E-state index in [0.29, 0.717) is 0 Å². The van der Waals surface area contributed by atoms with Gasteiger partial charge in [-0.3, -0.25) is 0 Å². The van der Waals surface area contributed by atoms with Crippen molar-refractivity contribution in [1.29, 1.82) is 0 Å². The zero-order chi connectivity index (χ0) is 4.50. The van der Waals surface area contributed by atoms with Crippen LogP contribution in [0.2, 0.25) is 0 Å². The van der Waals surface area contributed by atoms with Gasteiger partial charge in [-0.05, 0) is 0 Å². The molecule has 0 aromatic carbocycles. The van der Waals surface area contributed by atoms with Gasteiger partial charge in [-0.1, -0.05) is 0 Å². The van der Waals surface area contributed by atoms with Crippen LogP contribution in [0.15, 0.2) is 0 Å². The molecule has 7 heavy (non-hydrogen) atoms. The maximum Gasteiger partial charge on any atom is 2.00 e. The molecule has 0 spiro atoms. The molecule has 7 heteroatoms. The topological polar surface area (TPSA) is 86.2 Å². The van der Waals surface area contributed by atoms with Gasteiger partial charge in [0.1, 0.15) is 0 Å². The van der Waals surface area contributed by atoms with Crippen molar-refractivity contribution >= 4 is 79.8 Å². The van der Waals surface area contributed by atoms with Crippen molar-refractivity contribution in [2.45, 2.75) is 0 Å². The van der Waals surface area contributed by atoms with Crippen LogP contribution in [0.25, 0.3) is 0 Å². The Balaban J connectivity index is -0.0000000800. The third kappa shape index (κ3) is 58.6. The molecule has 0 N–H and O–H groups in total. The molecule has 0 saturated heterocycles. The summed E-state index contributed by atoms with van der Waals surface area (Å²) >= 11 is 0. The maximum absolute atomic E-state index is 8.55. The quantitative estimate of drug-likeness (QED) is 0.331. The van der Waals surface area contributed by atoms with Gasteiger partial charge in [0.2, 0.25) is 0 Å². The average Bonchev–Trinajstić information content (AvgIpc) is 0.722. The van der Waals surface area contributed by atoms with Crippen LogP contribution in [0.5, 0.6) is 0 Å². The van der Waals surface area contributed by atoms with Crippen molar-refractivity contribution in [1.82, 2.24) is 0 Å². The first kappa shape index (κ1) is 16.2. The molecule has 0 aliphatic rings. The number of phosphoric acid groups is 1. The van der Waals surface area contributed by atoms with Crippen LogP contribution < -0.4 is 14.7 Å². The molecular weight excluding hydrogens is 257 g/mol. The standard InChI is InChI=1S/Ba.Mg.H3O4P/c;;1-5(2,3)4/h;;(H3,1,2,3,4)/q2*+2;/p-3. The molecule has 0 saturated carbocycles. The van der Waals surface area contributed by atoms with Crippen molar-refractivity contribution in [3.63, 3.8) is 0 Å². The summed E-state index contributed by atoms with van der Waals surface area (Å²) < 4.78 is 8.55. The molecule has 0 atom stereocenters. The largest absolute Gasteiger partial charge is 2.00 e. The molecule has 0 aromatic rings. The van der Waals surface area contributed by atoms with Gasteiger partial charge < -0.3 is 19.2 Å².